The number of benzene rings is 3. The van der Waals surface area contributed by atoms with Crippen molar-refractivity contribution in [3.8, 4) is 0 Å². The van der Waals surface area contributed by atoms with Crippen molar-refractivity contribution in [1.82, 2.24) is 20.0 Å². The first-order valence-electron chi connectivity index (χ1n) is 20.2. The molecule has 0 spiro atoms. The Morgan fingerprint density at radius 2 is 1.15 bits per heavy atom. The number of nitrogens with zero attached hydrogens (tertiary/aromatic N) is 4. The summed E-state index contributed by atoms with van der Waals surface area (Å²) in [5, 5.41) is 2.44. The number of likely N-dealkylation sites (N-methyl/N-ethyl adjacent to an activating group) is 1. The topological polar surface area (TPSA) is 155 Å². The molecular formula is C46H67N5O9. The van der Waals surface area contributed by atoms with Crippen LogP contribution in [0.15, 0.2) is 91.0 Å². The number of rotatable bonds is 13. The summed E-state index contributed by atoms with van der Waals surface area (Å²) in [6.07, 6.45) is -0.577. The summed E-state index contributed by atoms with van der Waals surface area (Å²) in [5.41, 5.74) is 2.97. The van der Waals surface area contributed by atoms with E-state index in [4.69, 9.17) is 9.47 Å². The number of ether oxygens (including phenoxy) is 3. The standard InChI is InChI=1S/C13H18N2O.C12H15NO3.C8H8O.C7H13NO2.C6H13NO2/c1-12(16)11-14-7-9-15(10-8-14)13-5-3-2-4-6-13;1-9(10(2)14)13-12(15)16-8-11-6-4-3-5-7-11;1-7(9)8-5-3-2-4-6-8;1-7(9)6-8-2-4-10-5-3-8;1-6(8)9-5-4-7(2)3/h2-6H,7-11H2,1H3;3-7,9H,8H2,1-2H3,(H,13,15);2-6H,1H3;2-6H2,1H3;4-5H2,1-3H3/t;9-;;;/m.0.../s1. The van der Waals surface area contributed by atoms with Crippen molar-refractivity contribution in [2.24, 2.45) is 0 Å². The van der Waals surface area contributed by atoms with Crippen LogP contribution in [-0.2, 0) is 40.0 Å². The molecule has 60 heavy (non-hydrogen) atoms. The fourth-order valence-electron chi connectivity index (χ4n) is 5.28. The van der Waals surface area contributed by atoms with E-state index in [2.05, 4.69) is 49.0 Å². The monoisotopic (exact) mass is 833 g/mol. The quantitative estimate of drug-likeness (QED) is 0.178. The van der Waals surface area contributed by atoms with Crippen molar-refractivity contribution >= 4 is 40.9 Å². The SMILES string of the molecule is CC(=O)CN1CCN(c2ccccc2)CC1.CC(=O)CN1CCOCC1.CC(=O)OCCN(C)C.CC(=O)[C@H](C)NC(=O)OCc1ccccc1.CC(=O)c1ccccc1. The van der Waals surface area contributed by atoms with Gasteiger partial charge in [0.15, 0.2) is 11.6 Å². The Morgan fingerprint density at radius 1 is 0.667 bits per heavy atom. The molecule has 1 N–H and O–H groups in total. The Labute approximate surface area is 357 Å². The minimum Gasteiger partial charge on any atom is -0.465 e. The average molecular weight is 834 g/mol. The van der Waals surface area contributed by atoms with Crippen LogP contribution >= 0.6 is 0 Å². The van der Waals surface area contributed by atoms with Gasteiger partial charge in [-0.2, -0.15) is 0 Å². The van der Waals surface area contributed by atoms with Crippen LogP contribution in [0.1, 0.15) is 57.5 Å². The van der Waals surface area contributed by atoms with Gasteiger partial charge in [-0.25, -0.2) is 4.79 Å². The second-order valence-electron chi connectivity index (χ2n) is 14.5. The molecular weight excluding hydrogens is 767 g/mol. The van der Waals surface area contributed by atoms with E-state index in [1.807, 2.05) is 85.7 Å². The van der Waals surface area contributed by atoms with Gasteiger partial charge < -0.3 is 29.3 Å². The molecule has 14 nitrogen and oxygen atoms in total. The Hall–Kier alpha value is -5.28. The summed E-state index contributed by atoms with van der Waals surface area (Å²) in [6, 6.07) is 28.5. The van der Waals surface area contributed by atoms with E-state index in [1.165, 1.54) is 19.5 Å². The van der Waals surface area contributed by atoms with Gasteiger partial charge in [-0.15, -0.1) is 0 Å². The highest BCUT2D eigenvalue weighted by molar-refractivity contribution is 5.93. The molecule has 2 heterocycles. The molecule has 3 aromatic carbocycles. The van der Waals surface area contributed by atoms with Crippen molar-refractivity contribution in [2.45, 2.75) is 54.2 Å². The highest BCUT2D eigenvalue weighted by Gasteiger charge is 2.17. The number of amides is 1. The molecule has 0 saturated carbocycles. The molecule has 2 aliphatic rings. The number of ketones is 4. The molecule has 2 saturated heterocycles. The maximum Gasteiger partial charge on any atom is 0.408 e. The fraction of sp³-hybridized carbons (Fsp3) is 0.478. The number of Topliss-reactive ketones (excluding diaryl/α,β-unsaturated/α-hetero) is 4. The molecule has 0 radical (unpaired) electrons. The van der Waals surface area contributed by atoms with Crippen LogP contribution in [0.2, 0.25) is 0 Å². The van der Waals surface area contributed by atoms with Crippen LogP contribution in [0.5, 0.6) is 0 Å². The van der Waals surface area contributed by atoms with Crippen LogP contribution in [0, 0.1) is 0 Å². The van der Waals surface area contributed by atoms with Gasteiger partial charge in [0, 0.05) is 64.0 Å². The third kappa shape index (κ3) is 27.4. The van der Waals surface area contributed by atoms with Crippen LogP contribution < -0.4 is 10.2 Å². The summed E-state index contributed by atoms with van der Waals surface area (Å²) in [4.78, 5) is 73.3. The average Bonchev–Trinajstić information content (AvgIpc) is 3.22. The Balaban J connectivity index is 0.000000385. The van der Waals surface area contributed by atoms with Crippen LogP contribution in [0.4, 0.5) is 10.5 Å². The number of nitrogens with one attached hydrogen (secondary N) is 1. The van der Waals surface area contributed by atoms with Gasteiger partial charge in [0.2, 0.25) is 0 Å². The maximum atomic E-state index is 11.2. The van der Waals surface area contributed by atoms with Gasteiger partial charge in [0.25, 0.3) is 0 Å². The predicted octanol–water partition coefficient (Wildman–Crippen LogP) is 5.20. The molecule has 2 fully saturated rings. The van der Waals surface area contributed by atoms with Crippen molar-refractivity contribution in [2.75, 3.05) is 97.7 Å². The summed E-state index contributed by atoms with van der Waals surface area (Å²) in [7, 11) is 3.87. The van der Waals surface area contributed by atoms with Gasteiger partial charge in [-0.05, 0) is 66.4 Å². The Morgan fingerprint density at radius 3 is 1.58 bits per heavy atom. The first kappa shape index (κ1) is 52.7. The smallest absolute Gasteiger partial charge is 0.408 e. The number of hydrogen-bond donors (Lipinski definition) is 1. The second-order valence-corrected chi connectivity index (χ2v) is 14.5. The van der Waals surface area contributed by atoms with Gasteiger partial charge in [-0.1, -0.05) is 78.9 Å². The lowest BCUT2D eigenvalue weighted by molar-refractivity contribution is -0.141. The van der Waals surface area contributed by atoms with E-state index >= 15 is 0 Å². The number of esters is 1. The summed E-state index contributed by atoms with van der Waals surface area (Å²) >= 11 is 0. The zero-order valence-electron chi connectivity index (χ0n) is 36.9. The minimum absolute atomic E-state index is 0.100. The molecule has 330 valence electrons. The van der Waals surface area contributed by atoms with Gasteiger partial charge in [0.05, 0.1) is 32.3 Å². The number of carbonyl (C=O) groups excluding carboxylic acids is 6. The van der Waals surface area contributed by atoms with E-state index in [-0.39, 0.29) is 35.7 Å². The van der Waals surface area contributed by atoms with E-state index < -0.39 is 12.1 Å². The molecule has 0 aliphatic carbocycles. The van der Waals surface area contributed by atoms with Crippen molar-refractivity contribution in [3.05, 3.63) is 102 Å². The summed E-state index contributed by atoms with van der Waals surface area (Å²) in [6.45, 7) is 19.3. The number of piperazine rings is 1. The van der Waals surface area contributed by atoms with Crippen LogP contribution in [-0.4, -0.2) is 149 Å². The first-order chi connectivity index (χ1) is 28.6. The second kappa shape index (κ2) is 31.6. The zero-order valence-corrected chi connectivity index (χ0v) is 36.9. The van der Waals surface area contributed by atoms with Crippen molar-refractivity contribution in [1.29, 1.82) is 0 Å². The number of hydrogen-bond acceptors (Lipinski definition) is 13. The molecule has 0 aromatic heterocycles. The predicted molar refractivity (Wildman–Crippen MR) is 235 cm³/mol. The van der Waals surface area contributed by atoms with Crippen molar-refractivity contribution in [3.63, 3.8) is 0 Å². The largest absolute Gasteiger partial charge is 0.465 e. The number of alkyl carbamates (subject to hydrolysis) is 1. The summed E-state index contributed by atoms with van der Waals surface area (Å²) < 4.78 is 14.7. The van der Waals surface area contributed by atoms with E-state index in [0.717, 1.165) is 70.2 Å². The van der Waals surface area contributed by atoms with Gasteiger partial charge in [-0.3, -0.25) is 33.8 Å². The van der Waals surface area contributed by atoms with Gasteiger partial charge >= 0.3 is 12.1 Å². The minimum atomic E-state index is -0.577. The molecule has 14 heteroatoms. The lowest BCUT2D eigenvalue weighted by Crippen LogP contribution is -2.47. The van der Waals surface area contributed by atoms with E-state index in [1.54, 1.807) is 27.7 Å². The summed E-state index contributed by atoms with van der Waals surface area (Å²) in [5.74, 6) is 0.305. The lowest BCUT2D eigenvalue weighted by Gasteiger charge is -2.35. The van der Waals surface area contributed by atoms with E-state index in [9.17, 15) is 28.8 Å². The van der Waals surface area contributed by atoms with Crippen LogP contribution in [0.25, 0.3) is 0 Å². The number of carbonyl (C=O) groups is 6. The fourth-order valence-corrected chi connectivity index (χ4v) is 5.28. The number of morpholine rings is 1. The molecule has 0 unspecified atom stereocenters. The van der Waals surface area contributed by atoms with Gasteiger partial charge in [0.1, 0.15) is 24.8 Å². The zero-order chi connectivity index (χ0) is 44.7. The Bertz CT molecular complexity index is 1660. The molecule has 0 bridgehead atoms. The van der Waals surface area contributed by atoms with E-state index in [0.29, 0.717) is 19.7 Å². The molecule has 2 aliphatic heterocycles. The Kier molecular flexibility index (Phi) is 27.8. The third-order valence-corrected chi connectivity index (χ3v) is 8.67. The van der Waals surface area contributed by atoms with Crippen LogP contribution in [0.3, 0.4) is 0 Å². The highest BCUT2D eigenvalue weighted by atomic mass is 16.5. The number of para-hydroxylation sites is 1. The molecule has 3 aromatic rings. The highest BCUT2D eigenvalue weighted by Crippen LogP contribution is 2.15. The normalized spacial score (nSPS) is 14.1. The molecule has 1 atom stereocenters. The lowest BCUT2D eigenvalue weighted by atomic mass is 10.2. The first-order valence-corrected chi connectivity index (χ1v) is 20.2. The number of anilines is 1. The third-order valence-electron chi connectivity index (χ3n) is 8.67. The molecule has 5 rings (SSSR count). The molecule has 1 amide bonds. The van der Waals surface area contributed by atoms with Crippen molar-refractivity contribution < 1.29 is 43.0 Å². The maximum absolute atomic E-state index is 11.2.